The average molecular weight is 168 g/mol. The zero-order valence-corrected chi connectivity index (χ0v) is 8.65. The van der Waals surface area contributed by atoms with Crippen LogP contribution in [0.1, 0.15) is 40.5 Å². The van der Waals surface area contributed by atoms with E-state index < -0.39 is 0 Å². The Bertz CT molecular complexity index is 179. The lowest BCUT2D eigenvalue weighted by Gasteiger charge is -2.35. The van der Waals surface area contributed by atoms with Crippen molar-refractivity contribution in [1.29, 1.82) is 5.41 Å². The van der Waals surface area contributed by atoms with Gasteiger partial charge in [0.1, 0.15) is 0 Å². The first kappa shape index (κ1) is 9.56. The lowest BCUT2D eigenvalue weighted by molar-refractivity contribution is 0.206. The van der Waals surface area contributed by atoms with Crippen LogP contribution in [-0.4, -0.2) is 23.3 Å². The van der Waals surface area contributed by atoms with Gasteiger partial charge in [0.05, 0.1) is 5.84 Å². The van der Waals surface area contributed by atoms with Crippen LogP contribution in [0.2, 0.25) is 0 Å². The van der Waals surface area contributed by atoms with E-state index in [0.717, 1.165) is 12.4 Å². The molecule has 0 aliphatic carbocycles. The fraction of sp³-hybridized carbons (Fsp3) is 0.900. The van der Waals surface area contributed by atoms with Gasteiger partial charge in [0.15, 0.2) is 0 Å². The van der Waals surface area contributed by atoms with Gasteiger partial charge in [-0.3, -0.25) is 5.41 Å². The molecule has 1 heterocycles. The normalized spacial score (nSPS) is 24.7. The molecular weight excluding hydrogens is 148 g/mol. The van der Waals surface area contributed by atoms with E-state index in [2.05, 4.69) is 25.7 Å². The third kappa shape index (κ3) is 1.79. The number of hydrogen-bond acceptors (Lipinski definition) is 1. The molecule has 0 spiro atoms. The van der Waals surface area contributed by atoms with Crippen molar-refractivity contribution < 1.29 is 0 Å². The van der Waals surface area contributed by atoms with Crippen molar-refractivity contribution in [1.82, 2.24) is 4.90 Å². The number of amidine groups is 1. The summed E-state index contributed by atoms with van der Waals surface area (Å²) >= 11 is 0. The molecule has 0 aromatic heterocycles. The topological polar surface area (TPSA) is 27.1 Å². The van der Waals surface area contributed by atoms with Crippen LogP contribution in [-0.2, 0) is 0 Å². The van der Waals surface area contributed by atoms with E-state index in [1.54, 1.807) is 0 Å². The fourth-order valence-corrected chi connectivity index (χ4v) is 2.07. The third-order valence-electron chi connectivity index (χ3n) is 2.68. The Balaban J connectivity index is 2.71. The van der Waals surface area contributed by atoms with Crippen molar-refractivity contribution in [2.45, 2.75) is 46.6 Å². The van der Waals surface area contributed by atoms with Crippen molar-refractivity contribution in [2.75, 3.05) is 6.54 Å². The van der Waals surface area contributed by atoms with Crippen LogP contribution in [0.25, 0.3) is 0 Å². The van der Waals surface area contributed by atoms with Gasteiger partial charge in [-0.2, -0.15) is 0 Å². The molecular formula is C10H20N2. The highest BCUT2D eigenvalue weighted by Crippen LogP contribution is 2.32. The molecule has 2 heteroatoms. The first-order valence-electron chi connectivity index (χ1n) is 4.74. The highest BCUT2D eigenvalue weighted by atomic mass is 15.2. The van der Waals surface area contributed by atoms with Crippen molar-refractivity contribution in [3.63, 3.8) is 0 Å². The molecule has 70 valence electrons. The van der Waals surface area contributed by atoms with E-state index in [9.17, 15) is 0 Å². The van der Waals surface area contributed by atoms with Gasteiger partial charge in [-0.25, -0.2) is 0 Å². The van der Waals surface area contributed by atoms with Gasteiger partial charge in [0, 0.05) is 12.6 Å². The second-order valence-corrected chi connectivity index (χ2v) is 4.80. The SMILES string of the molecule is CC(=N)N1CCCC1C(C)(C)C. The van der Waals surface area contributed by atoms with E-state index >= 15 is 0 Å². The maximum atomic E-state index is 7.63. The summed E-state index contributed by atoms with van der Waals surface area (Å²) in [5, 5.41) is 7.63. The Hall–Kier alpha value is -0.530. The van der Waals surface area contributed by atoms with Gasteiger partial charge >= 0.3 is 0 Å². The summed E-state index contributed by atoms with van der Waals surface area (Å²) in [7, 11) is 0. The molecule has 1 unspecified atom stereocenters. The highest BCUT2D eigenvalue weighted by molar-refractivity contribution is 5.77. The van der Waals surface area contributed by atoms with Crippen LogP contribution in [0, 0.1) is 10.8 Å². The van der Waals surface area contributed by atoms with Crippen LogP contribution < -0.4 is 0 Å². The van der Waals surface area contributed by atoms with Crippen LogP contribution in [0.3, 0.4) is 0 Å². The zero-order valence-electron chi connectivity index (χ0n) is 8.65. The van der Waals surface area contributed by atoms with Gasteiger partial charge in [-0.1, -0.05) is 20.8 Å². The fourth-order valence-electron chi connectivity index (χ4n) is 2.07. The first-order chi connectivity index (χ1) is 5.43. The summed E-state index contributed by atoms with van der Waals surface area (Å²) < 4.78 is 0. The predicted octanol–water partition coefficient (Wildman–Crippen LogP) is 2.49. The molecule has 1 atom stereocenters. The molecule has 1 fully saturated rings. The lowest BCUT2D eigenvalue weighted by Crippen LogP contribution is -2.41. The Kier molecular flexibility index (Phi) is 2.45. The number of hydrogen-bond donors (Lipinski definition) is 1. The number of rotatable bonds is 0. The van der Waals surface area contributed by atoms with E-state index in [0.29, 0.717) is 11.5 Å². The Morgan fingerprint density at radius 1 is 1.42 bits per heavy atom. The maximum absolute atomic E-state index is 7.63. The van der Waals surface area contributed by atoms with Crippen molar-refractivity contribution in [2.24, 2.45) is 5.41 Å². The van der Waals surface area contributed by atoms with Crippen LogP contribution in [0.5, 0.6) is 0 Å². The average Bonchev–Trinajstić information content (AvgIpc) is 2.30. The van der Waals surface area contributed by atoms with E-state index in [1.165, 1.54) is 12.8 Å². The highest BCUT2D eigenvalue weighted by Gasteiger charge is 2.34. The van der Waals surface area contributed by atoms with Gasteiger partial charge in [0.25, 0.3) is 0 Å². The first-order valence-corrected chi connectivity index (χ1v) is 4.74. The molecule has 1 aliphatic heterocycles. The van der Waals surface area contributed by atoms with Crippen LogP contribution in [0.15, 0.2) is 0 Å². The molecule has 0 aromatic carbocycles. The molecule has 0 saturated carbocycles. The monoisotopic (exact) mass is 168 g/mol. The Labute approximate surface area is 75.5 Å². The van der Waals surface area contributed by atoms with Gasteiger partial charge in [-0.05, 0) is 25.2 Å². The minimum Gasteiger partial charge on any atom is -0.357 e. The summed E-state index contributed by atoms with van der Waals surface area (Å²) in [6, 6.07) is 0.579. The molecule has 0 amide bonds. The van der Waals surface area contributed by atoms with Gasteiger partial charge < -0.3 is 4.90 Å². The lowest BCUT2D eigenvalue weighted by atomic mass is 9.85. The van der Waals surface area contributed by atoms with Gasteiger partial charge in [0.2, 0.25) is 0 Å². The quantitative estimate of drug-likeness (QED) is 0.436. The Morgan fingerprint density at radius 3 is 2.33 bits per heavy atom. The third-order valence-corrected chi connectivity index (χ3v) is 2.68. The van der Waals surface area contributed by atoms with E-state index in [1.807, 2.05) is 6.92 Å². The summed E-state index contributed by atoms with van der Waals surface area (Å²) in [5.41, 5.74) is 0.318. The van der Waals surface area contributed by atoms with Gasteiger partial charge in [-0.15, -0.1) is 0 Å². The minimum absolute atomic E-state index is 0.318. The molecule has 1 N–H and O–H groups in total. The zero-order chi connectivity index (χ0) is 9.35. The number of nitrogens with zero attached hydrogens (tertiary/aromatic N) is 1. The number of likely N-dealkylation sites (tertiary alicyclic amines) is 1. The van der Waals surface area contributed by atoms with E-state index in [-0.39, 0.29) is 0 Å². The van der Waals surface area contributed by atoms with E-state index in [4.69, 9.17) is 5.41 Å². The van der Waals surface area contributed by atoms with Crippen molar-refractivity contribution in [3.05, 3.63) is 0 Å². The largest absolute Gasteiger partial charge is 0.357 e. The molecule has 1 saturated heterocycles. The predicted molar refractivity (Wildman–Crippen MR) is 52.6 cm³/mol. The smallest absolute Gasteiger partial charge is 0.0928 e. The van der Waals surface area contributed by atoms with Crippen molar-refractivity contribution in [3.8, 4) is 0 Å². The van der Waals surface area contributed by atoms with Crippen LogP contribution in [0.4, 0.5) is 0 Å². The number of nitrogens with one attached hydrogen (secondary N) is 1. The summed E-state index contributed by atoms with van der Waals surface area (Å²) in [5.74, 6) is 0.729. The molecule has 12 heavy (non-hydrogen) atoms. The second kappa shape index (κ2) is 3.08. The molecule has 2 nitrogen and oxygen atoms in total. The summed E-state index contributed by atoms with van der Waals surface area (Å²) in [6.45, 7) is 9.76. The molecule has 0 radical (unpaired) electrons. The Morgan fingerprint density at radius 2 is 2.00 bits per heavy atom. The standard InChI is InChI=1S/C10H20N2/c1-8(11)12-7-5-6-9(12)10(2,3)4/h9,11H,5-7H2,1-4H3. The molecule has 0 bridgehead atoms. The van der Waals surface area contributed by atoms with Crippen LogP contribution >= 0.6 is 0 Å². The molecule has 1 rings (SSSR count). The molecule has 0 aromatic rings. The summed E-state index contributed by atoms with van der Waals surface area (Å²) in [4.78, 5) is 2.24. The molecule has 1 aliphatic rings. The maximum Gasteiger partial charge on any atom is 0.0928 e. The second-order valence-electron chi connectivity index (χ2n) is 4.80. The summed E-state index contributed by atoms with van der Waals surface area (Å²) in [6.07, 6.45) is 2.50. The minimum atomic E-state index is 0.318. The van der Waals surface area contributed by atoms with Crippen molar-refractivity contribution >= 4 is 5.84 Å².